The number of unbranched alkanes of at least 4 members (excludes halogenated alkanes) is 2. The average Bonchev–Trinajstić information content (AvgIpc) is 2.26. The van der Waals surface area contributed by atoms with Crippen LogP contribution in [-0.4, -0.2) is 12.7 Å². The van der Waals surface area contributed by atoms with E-state index < -0.39 is 6.09 Å². The minimum absolute atomic E-state index is 0.397. The Hall–Kier alpha value is -1.51. The number of ether oxygens (including phenoxy) is 1. The second kappa shape index (κ2) is 6.87. The molecule has 3 nitrogen and oxygen atoms in total. The molecule has 0 atom stereocenters. The number of rotatable bonds is 5. The van der Waals surface area contributed by atoms with E-state index >= 15 is 0 Å². The third-order valence-electron chi connectivity index (χ3n) is 1.93. The zero-order chi connectivity index (χ0) is 10.9. The van der Waals surface area contributed by atoms with Gasteiger partial charge in [-0.1, -0.05) is 31.9 Å². The summed E-state index contributed by atoms with van der Waals surface area (Å²) in [6.07, 6.45) is 2.74. The molecule has 0 aromatic heterocycles. The number of anilines is 1. The number of carbonyl (C=O) groups excluding carboxylic acids is 1. The third kappa shape index (κ3) is 5.05. The first kappa shape index (κ1) is 11.6. The summed E-state index contributed by atoms with van der Waals surface area (Å²) in [4.78, 5) is 11.2. The van der Waals surface area contributed by atoms with Crippen molar-refractivity contribution in [3.05, 3.63) is 30.3 Å². The van der Waals surface area contributed by atoms with Crippen molar-refractivity contribution in [2.75, 3.05) is 11.9 Å². The van der Waals surface area contributed by atoms with Crippen LogP contribution in [0.5, 0.6) is 0 Å². The van der Waals surface area contributed by atoms with Crippen LogP contribution < -0.4 is 5.32 Å². The topological polar surface area (TPSA) is 38.3 Å². The van der Waals surface area contributed by atoms with E-state index in [9.17, 15) is 4.79 Å². The third-order valence-corrected chi connectivity index (χ3v) is 1.93. The monoisotopic (exact) mass is 206 g/mol. The molecule has 0 aliphatic carbocycles. The lowest BCUT2D eigenvalue weighted by Gasteiger charge is -2.05. The lowest BCUT2D eigenvalue weighted by molar-refractivity contribution is 0.159. The van der Waals surface area contributed by atoms with E-state index in [1.165, 1.54) is 0 Å². The van der Waals surface area contributed by atoms with Gasteiger partial charge in [-0.15, -0.1) is 0 Å². The van der Waals surface area contributed by atoms with Crippen molar-refractivity contribution in [3.8, 4) is 0 Å². The number of benzene rings is 1. The maximum atomic E-state index is 11.2. The number of carbonyl (C=O) groups is 1. The summed E-state index contributed by atoms with van der Waals surface area (Å²) in [6, 6.07) is 9.96. The van der Waals surface area contributed by atoms with E-state index in [0.29, 0.717) is 12.3 Å². The fourth-order valence-corrected chi connectivity index (χ4v) is 1.14. The Morgan fingerprint density at radius 3 is 3.07 bits per heavy atom. The van der Waals surface area contributed by atoms with E-state index in [1.54, 1.807) is 18.2 Å². The molecule has 0 heterocycles. The lowest BCUT2D eigenvalue weighted by Crippen LogP contribution is -2.14. The van der Waals surface area contributed by atoms with Gasteiger partial charge in [0.2, 0.25) is 0 Å². The Morgan fingerprint density at radius 1 is 1.53 bits per heavy atom. The molecule has 1 amide bonds. The molecule has 1 aromatic rings. The Labute approximate surface area is 90.4 Å². The van der Waals surface area contributed by atoms with Gasteiger partial charge in [-0.3, -0.25) is 5.32 Å². The summed E-state index contributed by atoms with van der Waals surface area (Å²) in [5.74, 6) is 0. The van der Waals surface area contributed by atoms with Crippen LogP contribution in [0.3, 0.4) is 0 Å². The van der Waals surface area contributed by atoms with E-state index in [2.05, 4.69) is 18.3 Å². The van der Waals surface area contributed by atoms with Gasteiger partial charge in [0.25, 0.3) is 0 Å². The number of hydrogen-bond donors (Lipinski definition) is 1. The highest BCUT2D eigenvalue weighted by molar-refractivity contribution is 5.84. The fourth-order valence-electron chi connectivity index (χ4n) is 1.14. The second-order valence-electron chi connectivity index (χ2n) is 3.26. The van der Waals surface area contributed by atoms with Crippen molar-refractivity contribution in [3.63, 3.8) is 0 Å². The van der Waals surface area contributed by atoms with E-state index in [0.717, 1.165) is 19.3 Å². The lowest BCUT2D eigenvalue weighted by atomic mass is 10.3. The quantitative estimate of drug-likeness (QED) is 0.751. The van der Waals surface area contributed by atoms with Gasteiger partial charge in [-0.25, -0.2) is 4.79 Å². The summed E-state index contributed by atoms with van der Waals surface area (Å²) in [6.45, 7) is 2.59. The standard InChI is InChI=1S/C12H16NO2/c1-2-3-7-10-15-12(14)13-11-8-5-4-6-9-11/h4-5,8-9H,2-3,7,10H2,1H3,(H,13,14). The fraction of sp³-hybridized carbons (Fsp3) is 0.417. The highest BCUT2D eigenvalue weighted by Crippen LogP contribution is 2.05. The van der Waals surface area contributed by atoms with Gasteiger partial charge in [0.1, 0.15) is 0 Å². The molecule has 0 saturated heterocycles. The summed E-state index contributed by atoms with van der Waals surface area (Å²) in [7, 11) is 0. The smallest absolute Gasteiger partial charge is 0.411 e. The molecule has 3 heteroatoms. The van der Waals surface area contributed by atoms with Crippen LogP contribution in [0.15, 0.2) is 24.3 Å². The Kier molecular flexibility index (Phi) is 5.30. The maximum Gasteiger partial charge on any atom is 0.411 e. The first-order chi connectivity index (χ1) is 7.33. The van der Waals surface area contributed by atoms with Crippen LogP contribution in [0.1, 0.15) is 26.2 Å². The van der Waals surface area contributed by atoms with Gasteiger partial charge in [0, 0.05) is 5.69 Å². The van der Waals surface area contributed by atoms with Crippen LogP contribution in [-0.2, 0) is 4.74 Å². The summed E-state index contributed by atoms with van der Waals surface area (Å²) < 4.78 is 4.98. The van der Waals surface area contributed by atoms with Crippen LogP contribution in [0.25, 0.3) is 0 Å². The normalized spacial score (nSPS) is 9.67. The minimum Gasteiger partial charge on any atom is -0.449 e. The predicted octanol–water partition coefficient (Wildman–Crippen LogP) is 3.23. The molecule has 15 heavy (non-hydrogen) atoms. The molecule has 0 spiro atoms. The Balaban J connectivity index is 2.19. The summed E-state index contributed by atoms with van der Waals surface area (Å²) in [5.41, 5.74) is 0.706. The number of nitrogens with one attached hydrogen (secondary N) is 1. The molecule has 1 aromatic carbocycles. The van der Waals surface area contributed by atoms with Crippen molar-refractivity contribution in [1.29, 1.82) is 0 Å². The minimum atomic E-state index is -0.397. The number of hydrogen-bond acceptors (Lipinski definition) is 2. The molecule has 1 rings (SSSR count). The van der Waals surface area contributed by atoms with E-state index in [4.69, 9.17) is 4.74 Å². The molecular formula is C12H16NO2. The van der Waals surface area contributed by atoms with E-state index in [-0.39, 0.29) is 0 Å². The zero-order valence-electron chi connectivity index (χ0n) is 8.95. The second-order valence-corrected chi connectivity index (χ2v) is 3.26. The first-order valence-corrected chi connectivity index (χ1v) is 5.23. The Morgan fingerprint density at radius 2 is 2.40 bits per heavy atom. The van der Waals surface area contributed by atoms with Crippen molar-refractivity contribution in [2.24, 2.45) is 0 Å². The van der Waals surface area contributed by atoms with Gasteiger partial charge in [0.15, 0.2) is 0 Å². The van der Waals surface area contributed by atoms with Crippen LogP contribution in [0.2, 0.25) is 0 Å². The van der Waals surface area contributed by atoms with Crippen LogP contribution in [0, 0.1) is 6.07 Å². The van der Waals surface area contributed by atoms with Gasteiger partial charge in [0.05, 0.1) is 6.61 Å². The molecule has 0 aliphatic rings. The van der Waals surface area contributed by atoms with Gasteiger partial charge in [-0.2, -0.15) is 0 Å². The molecule has 0 bridgehead atoms. The molecule has 0 aliphatic heterocycles. The van der Waals surface area contributed by atoms with Gasteiger partial charge in [-0.05, 0) is 24.6 Å². The van der Waals surface area contributed by atoms with Crippen molar-refractivity contribution < 1.29 is 9.53 Å². The zero-order valence-corrected chi connectivity index (χ0v) is 8.95. The van der Waals surface area contributed by atoms with Crippen LogP contribution >= 0.6 is 0 Å². The molecule has 0 fully saturated rings. The Bertz CT molecular complexity index is 285. The highest BCUT2D eigenvalue weighted by Gasteiger charge is 2.01. The van der Waals surface area contributed by atoms with Crippen molar-refractivity contribution >= 4 is 11.8 Å². The predicted molar refractivity (Wildman–Crippen MR) is 59.8 cm³/mol. The summed E-state index contributed by atoms with van der Waals surface area (Å²) in [5, 5.41) is 2.63. The first-order valence-electron chi connectivity index (χ1n) is 5.23. The van der Waals surface area contributed by atoms with E-state index in [1.807, 2.05) is 6.07 Å². The van der Waals surface area contributed by atoms with Crippen molar-refractivity contribution in [1.82, 2.24) is 0 Å². The average molecular weight is 206 g/mol. The summed E-state index contributed by atoms with van der Waals surface area (Å²) >= 11 is 0. The maximum absolute atomic E-state index is 11.2. The largest absolute Gasteiger partial charge is 0.449 e. The number of amides is 1. The van der Waals surface area contributed by atoms with Crippen molar-refractivity contribution in [2.45, 2.75) is 26.2 Å². The highest BCUT2D eigenvalue weighted by atomic mass is 16.5. The molecular weight excluding hydrogens is 190 g/mol. The van der Waals surface area contributed by atoms with Crippen LogP contribution in [0.4, 0.5) is 10.5 Å². The van der Waals surface area contributed by atoms with Gasteiger partial charge < -0.3 is 4.74 Å². The molecule has 0 unspecified atom stereocenters. The molecule has 1 N–H and O–H groups in total. The SMILES string of the molecule is CCCCCOC(=O)Nc1c[c]ccc1. The van der Waals surface area contributed by atoms with Gasteiger partial charge >= 0.3 is 6.09 Å². The molecule has 81 valence electrons. The molecule has 1 radical (unpaired) electrons. The molecule has 0 saturated carbocycles.